The normalized spacial score (nSPS) is 25.3. The second kappa shape index (κ2) is 6.72. The minimum absolute atomic E-state index is 0.0134. The molecule has 0 aromatic rings. The highest BCUT2D eigenvalue weighted by Gasteiger charge is 2.42. The van der Waals surface area contributed by atoms with Crippen molar-refractivity contribution in [3.05, 3.63) is 0 Å². The van der Waals surface area contributed by atoms with E-state index >= 15 is 0 Å². The summed E-state index contributed by atoms with van der Waals surface area (Å²) in [5.74, 6) is -2.17. The molecule has 1 unspecified atom stereocenters. The van der Waals surface area contributed by atoms with Gasteiger partial charge in [-0.1, -0.05) is 6.92 Å². The van der Waals surface area contributed by atoms with E-state index in [1.807, 2.05) is 6.92 Å². The molecule has 1 aliphatic rings. The Morgan fingerprint density at radius 1 is 1.15 bits per heavy atom. The van der Waals surface area contributed by atoms with E-state index in [4.69, 9.17) is 0 Å². The van der Waals surface area contributed by atoms with Crippen molar-refractivity contribution < 1.29 is 19.5 Å². The van der Waals surface area contributed by atoms with E-state index in [0.717, 1.165) is 0 Å². The fourth-order valence-electron chi connectivity index (χ4n) is 2.72. The first kappa shape index (κ1) is 16.5. The van der Waals surface area contributed by atoms with Crippen LogP contribution in [0.3, 0.4) is 0 Å². The van der Waals surface area contributed by atoms with Gasteiger partial charge in [-0.15, -0.1) is 0 Å². The predicted octanol–water partition coefficient (Wildman–Crippen LogP) is 0.670. The smallest absolute Gasteiger partial charge is 0.307 e. The van der Waals surface area contributed by atoms with Crippen LogP contribution in [0, 0.1) is 17.8 Å². The van der Waals surface area contributed by atoms with Crippen LogP contribution in [0.1, 0.15) is 26.7 Å². The molecular formula is C14H24N2O4. The molecule has 114 valence electrons. The Morgan fingerprint density at radius 3 is 2.15 bits per heavy atom. The zero-order valence-electron chi connectivity index (χ0n) is 12.6. The first-order valence-electron chi connectivity index (χ1n) is 6.99. The summed E-state index contributed by atoms with van der Waals surface area (Å²) in [7, 11) is 3.27. The van der Waals surface area contributed by atoms with Gasteiger partial charge < -0.3 is 14.9 Å². The molecule has 0 spiro atoms. The number of hydrogen-bond donors (Lipinski definition) is 1. The van der Waals surface area contributed by atoms with Crippen LogP contribution in [-0.4, -0.2) is 59.9 Å². The Morgan fingerprint density at radius 2 is 1.70 bits per heavy atom. The molecule has 0 heterocycles. The van der Waals surface area contributed by atoms with Crippen LogP contribution in [0.4, 0.5) is 0 Å². The monoisotopic (exact) mass is 284 g/mol. The van der Waals surface area contributed by atoms with Crippen molar-refractivity contribution in [3.63, 3.8) is 0 Å². The molecule has 1 N–H and O–H groups in total. The lowest BCUT2D eigenvalue weighted by atomic mass is 9.94. The third kappa shape index (κ3) is 3.71. The summed E-state index contributed by atoms with van der Waals surface area (Å²) in [6.45, 7) is 4.19. The lowest BCUT2D eigenvalue weighted by molar-refractivity contribution is -0.150. The molecule has 1 fully saturated rings. The third-order valence-corrected chi connectivity index (χ3v) is 3.95. The number of amides is 2. The van der Waals surface area contributed by atoms with Crippen LogP contribution in [0.2, 0.25) is 0 Å². The molecular weight excluding hydrogens is 260 g/mol. The Labute approximate surface area is 119 Å². The van der Waals surface area contributed by atoms with Gasteiger partial charge >= 0.3 is 5.97 Å². The number of likely N-dealkylation sites (N-methyl/N-ethyl adjacent to an activating group) is 2. The SMILES string of the molecule is CCN(CC(=O)N(C)C)C(=O)[C@H]1CC(C)C[C@H]1C(=O)O. The fraction of sp³-hybridized carbons (Fsp3) is 0.786. The Balaban J connectivity index is 2.79. The van der Waals surface area contributed by atoms with Crippen molar-refractivity contribution in [1.29, 1.82) is 0 Å². The highest BCUT2D eigenvalue weighted by atomic mass is 16.4. The number of carbonyl (C=O) groups is 3. The van der Waals surface area contributed by atoms with E-state index in [1.165, 1.54) is 9.80 Å². The summed E-state index contributed by atoms with van der Waals surface area (Å²) in [6.07, 6.45) is 1.12. The van der Waals surface area contributed by atoms with Crippen LogP contribution >= 0.6 is 0 Å². The van der Waals surface area contributed by atoms with E-state index in [0.29, 0.717) is 19.4 Å². The minimum Gasteiger partial charge on any atom is -0.481 e. The summed E-state index contributed by atoms with van der Waals surface area (Å²) >= 11 is 0. The first-order chi connectivity index (χ1) is 9.27. The summed E-state index contributed by atoms with van der Waals surface area (Å²) < 4.78 is 0. The quantitative estimate of drug-likeness (QED) is 0.805. The molecule has 1 aliphatic carbocycles. The van der Waals surface area contributed by atoms with Gasteiger partial charge in [-0.3, -0.25) is 14.4 Å². The van der Waals surface area contributed by atoms with E-state index in [9.17, 15) is 19.5 Å². The lowest BCUT2D eigenvalue weighted by Crippen LogP contribution is -2.44. The third-order valence-electron chi connectivity index (χ3n) is 3.95. The lowest BCUT2D eigenvalue weighted by Gasteiger charge is -2.26. The zero-order valence-corrected chi connectivity index (χ0v) is 12.6. The maximum absolute atomic E-state index is 12.5. The van der Waals surface area contributed by atoms with Crippen LogP contribution < -0.4 is 0 Å². The van der Waals surface area contributed by atoms with Crippen LogP contribution in [0.15, 0.2) is 0 Å². The van der Waals surface area contributed by atoms with Gasteiger partial charge in [0.1, 0.15) is 0 Å². The minimum atomic E-state index is -0.914. The number of aliphatic carboxylic acids is 1. The number of carbonyl (C=O) groups excluding carboxylic acids is 2. The molecule has 0 saturated heterocycles. The van der Waals surface area contributed by atoms with Crippen molar-refractivity contribution in [3.8, 4) is 0 Å². The number of carboxylic acid groups (broad SMARTS) is 1. The van der Waals surface area contributed by atoms with Gasteiger partial charge in [-0.25, -0.2) is 0 Å². The molecule has 0 aromatic carbocycles. The Hall–Kier alpha value is -1.59. The maximum Gasteiger partial charge on any atom is 0.307 e. The average Bonchev–Trinajstić information content (AvgIpc) is 2.76. The second-order valence-corrected chi connectivity index (χ2v) is 5.77. The zero-order chi connectivity index (χ0) is 15.4. The van der Waals surface area contributed by atoms with Gasteiger partial charge in [-0.2, -0.15) is 0 Å². The van der Waals surface area contributed by atoms with E-state index < -0.39 is 17.8 Å². The largest absolute Gasteiger partial charge is 0.481 e. The summed E-state index contributed by atoms with van der Waals surface area (Å²) in [5.41, 5.74) is 0. The van der Waals surface area contributed by atoms with Crippen LogP contribution in [0.25, 0.3) is 0 Å². The van der Waals surface area contributed by atoms with Gasteiger partial charge in [0, 0.05) is 20.6 Å². The van der Waals surface area contributed by atoms with Crippen LogP contribution in [0.5, 0.6) is 0 Å². The molecule has 0 aliphatic heterocycles. The summed E-state index contributed by atoms with van der Waals surface area (Å²) in [4.78, 5) is 38.4. The molecule has 0 bridgehead atoms. The van der Waals surface area contributed by atoms with E-state index in [1.54, 1.807) is 21.0 Å². The average molecular weight is 284 g/mol. The van der Waals surface area contributed by atoms with Gasteiger partial charge in [-0.05, 0) is 25.7 Å². The number of carboxylic acids is 1. The van der Waals surface area contributed by atoms with Crippen molar-refractivity contribution in [2.75, 3.05) is 27.2 Å². The summed E-state index contributed by atoms with van der Waals surface area (Å²) in [6, 6.07) is 0. The molecule has 1 rings (SSSR count). The molecule has 6 heteroatoms. The first-order valence-corrected chi connectivity index (χ1v) is 6.99. The van der Waals surface area contributed by atoms with Gasteiger partial charge in [0.05, 0.1) is 18.4 Å². The van der Waals surface area contributed by atoms with Crippen molar-refractivity contribution >= 4 is 17.8 Å². The second-order valence-electron chi connectivity index (χ2n) is 5.77. The standard InChI is InChI=1S/C14H24N2O4/c1-5-16(8-12(17)15(3)4)13(18)10-6-9(2)7-11(10)14(19)20/h9-11H,5-8H2,1-4H3,(H,19,20)/t9?,10-,11+/m0/s1. The predicted molar refractivity (Wildman–Crippen MR) is 74.0 cm³/mol. The van der Waals surface area contributed by atoms with Gasteiger partial charge in [0.2, 0.25) is 11.8 Å². The van der Waals surface area contributed by atoms with Gasteiger partial charge in [0.15, 0.2) is 0 Å². The molecule has 0 radical (unpaired) electrons. The van der Waals surface area contributed by atoms with Crippen molar-refractivity contribution in [2.24, 2.45) is 17.8 Å². The molecule has 3 atom stereocenters. The van der Waals surface area contributed by atoms with E-state index in [2.05, 4.69) is 0 Å². The number of rotatable bonds is 5. The van der Waals surface area contributed by atoms with Crippen LogP contribution in [-0.2, 0) is 14.4 Å². The fourth-order valence-corrected chi connectivity index (χ4v) is 2.72. The summed E-state index contributed by atoms with van der Waals surface area (Å²) in [5, 5.41) is 9.23. The van der Waals surface area contributed by atoms with Crippen molar-refractivity contribution in [1.82, 2.24) is 9.80 Å². The molecule has 1 saturated carbocycles. The Kier molecular flexibility index (Phi) is 5.53. The molecule has 2 amide bonds. The highest BCUT2D eigenvalue weighted by Crippen LogP contribution is 2.37. The Bertz CT molecular complexity index is 395. The number of nitrogens with zero attached hydrogens (tertiary/aromatic N) is 2. The molecule has 0 aromatic heterocycles. The molecule has 20 heavy (non-hydrogen) atoms. The topological polar surface area (TPSA) is 77.9 Å². The van der Waals surface area contributed by atoms with Gasteiger partial charge in [0.25, 0.3) is 0 Å². The molecule has 6 nitrogen and oxygen atoms in total. The number of hydrogen-bond acceptors (Lipinski definition) is 3. The van der Waals surface area contributed by atoms with Crippen molar-refractivity contribution in [2.45, 2.75) is 26.7 Å². The van der Waals surface area contributed by atoms with E-state index in [-0.39, 0.29) is 24.3 Å². The maximum atomic E-state index is 12.5. The highest BCUT2D eigenvalue weighted by molar-refractivity contribution is 5.88.